The number of carbonyl (C=O) groups excluding carboxylic acids is 3. The molecule has 9 nitrogen and oxygen atoms in total. The number of nitrogens with one attached hydrogen (secondary N) is 3. The number of hydrogen-bond donors (Lipinski definition) is 4. The Morgan fingerprint density at radius 2 is 1.48 bits per heavy atom. The van der Waals surface area contributed by atoms with Crippen LogP contribution in [0.15, 0.2) is 48.5 Å². The predicted molar refractivity (Wildman–Crippen MR) is 121 cm³/mol. The van der Waals surface area contributed by atoms with Crippen molar-refractivity contribution in [3.63, 3.8) is 0 Å². The van der Waals surface area contributed by atoms with Crippen molar-refractivity contribution in [3.8, 4) is 11.1 Å². The van der Waals surface area contributed by atoms with Gasteiger partial charge in [-0.25, -0.2) is 4.79 Å². The van der Waals surface area contributed by atoms with Gasteiger partial charge in [0.25, 0.3) is 0 Å². The van der Waals surface area contributed by atoms with Crippen molar-refractivity contribution >= 4 is 23.9 Å². The maximum absolute atomic E-state index is 12.6. The summed E-state index contributed by atoms with van der Waals surface area (Å²) in [4.78, 5) is 48.1. The smallest absolute Gasteiger partial charge is 0.407 e. The van der Waals surface area contributed by atoms with Gasteiger partial charge in [-0.3, -0.25) is 14.4 Å². The number of carbonyl (C=O) groups is 4. The highest BCUT2D eigenvalue weighted by Gasteiger charge is 2.31. The van der Waals surface area contributed by atoms with Gasteiger partial charge in [0.2, 0.25) is 11.8 Å². The monoisotopic (exact) mass is 453 g/mol. The lowest BCUT2D eigenvalue weighted by atomic mass is 9.98. The lowest BCUT2D eigenvalue weighted by molar-refractivity contribution is -0.140. The summed E-state index contributed by atoms with van der Waals surface area (Å²) in [7, 11) is 1.43. The number of amides is 3. The van der Waals surface area contributed by atoms with E-state index in [9.17, 15) is 19.2 Å². The van der Waals surface area contributed by atoms with E-state index >= 15 is 0 Å². The summed E-state index contributed by atoms with van der Waals surface area (Å²) >= 11 is 0. The van der Waals surface area contributed by atoms with Gasteiger partial charge in [0.1, 0.15) is 18.7 Å². The van der Waals surface area contributed by atoms with E-state index < -0.39 is 42.4 Å². The molecule has 0 saturated carbocycles. The van der Waals surface area contributed by atoms with Gasteiger partial charge in [-0.05, 0) is 28.7 Å². The van der Waals surface area contributed by atoms with Crippen molar-refractivity contribution in [3.05, 3.63) is 59.7 Å². The summed E-state index contributed by atoms with van der Waals surface area (Å²) in [5.74, 6) is -2.64. The molecule has 4 N–H and O–H groups in total. The highest BCUT2D eigenvalue weighted by Crippen LogP contribution is 2.44. The molecule has 174 valence electrons. The standard InChI is InChI=1S/C24H27N3O6/c1-3-19(22(30)25-2)26-23(31)20(12-21(28)29)27-24(32)33-13-18-16-10-6-4-8-14(16)15-9-5-7-11-17(15)18/h4-11,18-20H,3,12-13H2,1-2H3,(H,25,30)(H,26,31)(H,27,32)(H,28,29). The number of fused-ring (bicyclic) bond motifs is 3. The van der Waals surface area contributed by atoms with Crippen molar-refractivity contribution in [2.75, 3.05) is 13.7 Å². The van der Waals surface area contributed by atoms with Gasteiger partial charge in [-0.15, -0.1) is 0 Å². The fraction of sp³-hybridized carbons (Fsp3) is 0.333. The van der Waals surface area contributed by atoms with Crippen LogP contribution in [-0.4, -0.2) is 54.7 Å². The molecule has 0 saturated heterocycles. The van der Waals surface area contributed by atoms with E-state index in [0.717, 1.165) is 22.3 Å². The number of likely N-dealkylation sites (N-methyl/N-ethyl adjacent to an activating group) is 1. The summed E-state index contributed by atoms with van der Waals surface area (Å²) in [6.45, 7) is 1.72. The topological polar surface area (TPSA) is 134 Å². The number of alkyl carbamates (subject to hydrolysis) is 1. The van der Waals surface area contributed by atoms with Crippen molar-refractivity contribution in [1.29, 1.82) is 0 Å². The Bertz CT molecular complexity index is 1010. The molecule has 0 spiro atoms. The SMILES string of the molecule is CCC(NC(=O)C(CC(=O)O)NC(=O)OCC1c2ccccc2-c2ccccc21)C(=O)NC. The Morgan fingerprint density at radius 1 is 0.909 bits per heavy atom. The van der Waals surface area contributed by atoms with Gasteiger partial charge < -0.3 is 25.8 Å². The van der Waals surface area contributed by atoms with Crippen LogP contribution in [0.25, 0.3) is 11.1 Å². The zero-order valence-electron chi connectivity index (χ0n) is 18.5. The molecule has 0 aliphatic heterocycles. The normalized spacial score (nSPS) is 13.8. The number of carboxylic acid groups (broad SMARTS) is 1. The minimum atomic E-state index is -1.39. The molecule has 3 rings (SSSR count). The third-order valence-electron chi connectivity index (χ3n) is 5.62. The largest absolute Gasteiger partial charge is 0.481 e. The van der Waals surface area contributed by atoms with E-state index in [4.69, 9.17) is 9.84 Å². The zero-order valence-corrected chi connectivity index (χ0v) is 18.5. The van der Waals surface area contributed by atoms with Crippen molar-refractivity contribution in [1.82, 2.24) is 16.0 Å². The summed E-state index contributed by atoms with van der Waals surface area (Å²) in [5.41, 5.74) is 4.21. The summed E-state index contributed by atoms with van der Waals surface area (Å²) < 4.78 is 5.40. The van der Waals surface area contributed by atoms with Gasteiger partial charge in [0, 0.05) is 13.0 Å². The number of carboxylic acids is 1. The van der Waals surface area contributed by atoms with Crippen LogP contribution in [0, 0.1) is 0 Å². The molecular weight excluding hydrogens is 426 g/mol. The molecule has 0 aromatic heterocycles. The van der Waals surface area contributed by atoms with E-state index in [1.54, 1.807) is 6.92 Å². The number of ether oxygens (including phenoxy) is 1. The zero-order chi connectivity index (χ0) is 24.0. The van der Waals surface area contributed by atoms with E-state index in [1.807, 2.05) is 48.5 Å². The fourth-order valence-electron chi connectivity index (χ4n) is 3.97. The maximum atomic E-state index is 12.6. The number of benzene rings is 2. The summed E-state index contributed by atoms with van der Waals surface area (Å²) in [6, 6.07) is 13.5. The molecule has 1 aliphatic rings. The first-order valence-electron chi connectivity index (χ1n) is 10.7. The lowest BCUT2D eigenvalue weighted by Gasteiger charge is -2.21. The van der Waals surface area contributed by atoms with Gasteiger partial charge in [0.15, 0.2) is 0 Å². The maximum Gasteiger partial charge on any atom is 0.407 e. The average molecular weight is 453 g/mol. The van der Waals surface area contributed by atoms with E-state index in [1.165, 1.54) is 7.05 Å². The van der Waals surface area contributed by atoms with Crippen LogP contribution < -0.4 is 16.0 Å². The fourth-order valence-corrected chi connectivity index (χ4v) is 3.97. The van der Waals surface area contributed by atoms with E-state index in [-0.39, 0.29) is 12.5 Å². The molecule has 0 bridgehead atoms. The van der Waals surface area contributed by atoms with Crippen LogP contribution in [0.4, 0.5) is 4.79 Å². The molecule has 0 radical (unpaired) electrons. The van der Waals surface area contributed by atoms with E-state index in [2.05, 4.69) is 16.0 Å². The van der Waals surface area contributed by atoms with Crippen LogP contribution in [0.2, 0.25) is 0 Å². The molecule has 9 heteroatoms. The van der Waals surface area contributed by atoms with Crippen LogP contribution in [0.3, 0.4) is 0 Å². The number of hydrogen-bond acceptors (Lipinski definition) is 5. The second kappa shape index (κ2) is 10.6. The van der Waals surface area contributed by atoms with Crippen LogP contribution in [0.5, 0.6) is 0 Å². The molecule has 3 amide bonds. The molecular formula is C24H27N3O6. The molecule has 0 fully saturated rings. The minimum absolute atomic E-state index is 0.0249. The van der Waals surface area contributed by atoms with Crippen molar-refractivity contribution in [2.24, 2.45) is 0 Å². The Labute approximate surface area is 191 Å². The van der Waals surface area contributed by atoms with Gasteiger partial charge >= 0.3 is 12.1 Å². The Hall–Kier alpha value is -3.88. The molecule has 2 unspecified atom stereocenters. The van der Waals surface area contributed by atoms with Gasteiger partial charge in [-0.2, -0.15) is 0 Å². The average Bonchev–Trinajstić information content (AvgIpc) is 3.13. The second-order valence-electron chi connectivity index (χ2n) is 7.70. The highest BCUT2D eigenvalue weighted by molar-refractivity contribution is 5.93. The number of rotatable bonds is 9. The molecule has 2 aromatic rings. The van der Waals surface area contributed by atoms with Gasteiger partial charge in [-0.1, -0.05) is 55.5 Å². The van der Waals surface area contributed by atoms with Crippen LogP contribution >= 0.6 is 0 Å². The third kappa shape index (κ3) is 5.49. The second-order valence-corrected chi connectivity index (χ2v) is 7.70. The number of aliphatic carboxylic acids is 1. The summed E-state index contributed by atoms with van der Waals surface area (Å²) in [6.07, 6.45) is -1.26. The third-order valence-corrected chi connectivity index (χ3v) is 5.62. The lowest BCUT2D eigenvalue weighted by Crippen LogP contribution is -2.53. The molecule has 0 heterocycles. The highest BCUT2D eigenvalue weighted by atomic mass is 16.5. The first-order valence-corrected chi connectivity index (χ1v) is 10.7. The molecule has 2 aromatic carbocycles. The van der Waals surface area contributed by atoms with Crippen LogP contribution in [-0.2, 0) is 19.1 Å². The molecule has 1 aliphatic carbocycles. The first kappa shape index (κ1) is 23.8. The van der Waals surface area contributed by atoms with Crippen molar-refractivity contribution in [2.45, 2.75) is 37.8 Å². The first-order chi connectivity index (χ1) is 15.8. The Morgan fingerprint density at radius 3 is 2.00 bits per heavy atom. The molecule has 33 heavy (non-hydrogen) atoms. The Balaban J connectivity index is 1.67. The van der Waals surface area contributed by atoms with Gasteiger partial charge in [0.05, 0.1) is 6.42 Å². The van der Waals surface area contributed by atoms with Crippen LogP contribution in [0.1, 0.15) is 36.8 Å². The molecule has 2 atom stereocenters. The minimum Gasteiger partial charge on any atom is -0.481 e. The quantitative estimate of drug-likeness (QED) is 0.459. The predicted octanol–water partition coefficient (Wildman–Crippen LogP) is 2.01. The Kier molecular flexibility index (Phi) is 7.66. The van der Waals surface area contributed by atoms with Crippen molar-refractivity contribution < 1.29 is 29.0 Å². The van der Waals surface area contributed by atoms with E-state index in [0.29, 0.717) is 6.42 Å². The summed E-state index contributed by atoms with van der Waals surface area (Å²) in [5, 5.41) is 16.4.